The molecule has 0 aliphatic carbocycles. The van der Waals surface area contributed by atoms with Crippen LogP contribution in [0.4, 0.5) is 0 Å². The number of hydrogen-bond acceptors (Lipinski definition) is 2. The third-order valence-electron chi connectivity index (χ3n) is 1.62. The molecule has 0 amide bonds. The van der Waals surface area contributed by atoms with Gasteiger partial charge in [0.2, 0.25) is 0 Å². The first kappa shape index (κ1) is 11.3. The number of benzene rings is 1. The summed E-state index contributed by atoms with van der Waals surface area (Å²) in [7, 11) is 0. The highest BCUT2D eigenvalue weighted by Crippen LogP contribution is 2.47. The lowest BCUT2D eigenvalue weighted by molar-refractivity contribution is 1.61. The second-order valence-electron chi connectivity index (χ2n) is 2.66. The Balaban J connectivity index is 2.15. The summed E-state index contributed by atoms with van der Waals surface area (Å²) in [6.45, 7) is 0. The molecular weight excluding hydrogens is 438 g/mol. The molecular formula is C10H6I2S2. The fourth-order valence-corrected chi connectivity index (χ4v) is 4.65. The highest BCUT2D eigenvalue weighted by atomic mass is 127. The van der Waals surface area contributed by atoms with Gasteiger partial charge in [-0.1, -0.05) is 35.7 Å². The van der Waals surface area contributed by atoms with Gasteiger partial charge in [-0.05, 0) is 74.4 Å². The van der Waals surface area contributed by atoms with E-state index >= 15 is 0 Å². The van der Waals surface area contributed by atoms with Crippen LogP contribution >= 0.6 is 68.7 Å². The van der Waals surface area contributed by atoms with Crippen LogP contribution in [0.25, 0.3) is 6.08 Å². The van der Waals surface area contributed by atoms with Crippen molar-refractivity contribution in [3.63, 3.8) is 0 Å². The van der Waals surface area contributed by atoms with E-state index in [1.54, 1.807) is 11.8 Å². The Kier molecular flexibility index (Phi) is 4.27. The van der Waals surface area contributed by atoms with Gasteiger partial charge < -0.3 is 0 Å². The van der Waals surface area contributed by atoms with Crippen LogP contribution in [-0.4, -0.2) is 0 Å². The molecule has 14 heavy (non-hydrogen) atoms. The van der Waals surface area contributed by atoms with Crippen LogP contribution < -0.4 is 0 Å². The molecule has 1 heterocycles. The van der Waals surface area contributed by atoms with E-state index in [1.807, 2.05) is 11.8 Å². The van der Waals surface area contributed by atoms with Gasteiger partial charge in [-0.3, -0.25) is 0 Å². The Morgan fingerprint density at radius 1 is 1.07 bits per heavy atom. The van der Waals surface area contributed by atoms with Crippen molar-refractivity contribution in [1.29, 1.82) is 0 Å². The summed E-state index contributed by atoms with van der Waals surface area (Å²) in [5.74, 6) is 0. The van der Waals surface area contributed by atoms with Gasteiger partial charge in [0.15, 0.2) is 0 Å². The summed E-state index contributed by atoms with van der Waals surface area (Å²) in [6, 6.07) is 8.58. The Hall–Kier alpha value is 0.860. The monoisotopic (exact) mass is 444 g/mol. The SMILES string of the molecule is IC1=CS/C(=C/c2ccc(I)cc2)S1. The highest BCUT2D eigenvalue weighted by molar-refractivity contribution is 14.1. The van der Waals surface area contributed by atoms with Gasteiger partial charge in [-0.2, -0.15) is 0 Å². The molecule has 0 radical (unpaired) electrons. The van der Waals surface area contributed by atoms with Gasteiger partial charge in [-0.15, -0.1) is 0 Å². The van der Waals surface area contributed by atoms with E-state index in [9.17, 15) is 0 Å². The zero-order chi connectivity index (χ0) is 9.97. The van der Waals surface area contributed by atoms with E-state index in [2.05, 4.69) is 80.9 Å². The lowest BCUT2D eigenvalue weighted by atomic mass is 10.2. The van der Waals surface area contributed by atoms with Crippen LogP contribution in [0, 0.1) is 3.57 Å². The Bertz CT molecular complexity index is 393. The first-order chi connectivity index (χ1) is 6.74. The van der Waals surface area contributed by atoms with Crippen molar-refractivity contribution in [2.75, 3.05) is 0 Å². The Morgan fingerprint density at radius 3 is 2.36 bits per heavy atom. The van der Waals surface area contributed by atoms with Crippen molar-refractivity contribution in [3.8, 4) is 0 Å². The molecule has 2 rings (SSSR count). The molecule has 1 aliphatic rings. The molecule has 0 unspecified atom stereocenters. The fraction of sp³-hybridized carbons (Fsp3) is 0. The third kappa shape index (κ3) is 3.18. The first-order valence-corrected chi connectivity index (χ1v) is 7.77. The summed E-state index contributed by atoms with van der Waals surface area (Å²) in [5.41, 5.74) is 1.28. The minimum atomic E-state index is 1.28. The van der Waals surface area contributed by atoms with Crippen LogP contribution in [0.3, 0.4) is 0 Å². The molecule has 4 heteroatoms. The molecule has 0 bridgehead atoms. The maximum atomic E-state index is 2.36. The predicted molar refractivity (Wildman–Crippen MR) is 84.4 cm³/mol. The Labute approximate surface area is 119 Å². The minimum Gasteiger partial charge on any atom is -0.0890 e. The summed E-state index contributed by atoms with van der Waals surface area (Å²) in [4.78, 5) is 0. The molecule has 0 atom stereocenters. The number of thioether (sulfide) groups is 2. The van der Waals surface area contributed by atoms with E-state index in [4.69, 9.17) is 0 Å². The van der Waals surface area contributed by atoms with Crippen molar-refractivity contribution < 1.29 is 0 Å². The van der Waals surface area contributed by atoms with Crippen LogP contribution in [0.5, 0.6) is 0 Å². The van der Waals surface area contributed by atoms with Gasteiger partial charge >= 0.3 is 0 Å². The summed E-state index contributed by atoms with van der Waals surface area (Å²) >= 11 is 8.31. The molecule has 0 saturated carbocycles. The molecule has 72 valence electrons. The van der Waals surface area contributed by atoms with Crippen molar-refractivity contribution in [2.24, 2.45) is 0 Å². The van der Waals surface area contributed by atoms with Crippen LogP contribution in [0.2, 0.25) is 0 Å². The lowest BCUT2D eigenvalue weighted by Gasteiger charge is -1.96. The lowest BCUT2D eigenvalue weighted by Crippen LogP contribution is -1.73. The third-order valence-corrected chi connectivity index (χ3v) is 5.76. The largest absolute Gasteiger partial charge is 0.0890 e. The second kappa shape index (κ2) is 5.27. The minimum absolute atomic E-state index is 1.28. The molecule has 1 aromatic rings. The normalized spacial score (nSPS) is 18.7. The molecule has 1 aliphatic heterocycles. The zero-order valence-electron chi connectivity index (χ0n) is 7.04. The van der Waals surface area contributed by atoms with Crippen LogP contribution in [-0.2, 0) is 0 Å². The van der Waals surface area contributed by atoms with Crippen molar-refractivity contribution in [3.05, 3.63) is 46.0 Å². The average molecular weight is 444 g/mol. The highest BCUT2D eigenvalue weighted by Gasteiger charge is 2.08. The molecule has 0 nitrogen and oxygen atoms in total. The van der Waals surface area contributed by atoms with Gasteiger partial charge in [-0.25, -0.2) is 0 Å². The van der Waals surface area contributed by atoms with Crippen LogP contribution in [0.1, 0.15) is 5.56 Å². The van der Waals surface area contributed by atoms with Crippen molar-refractivity contribution >= 4 is 74.8 Å². The Morgan fingerprint density at radius 2 is 1.79 bits per heavy atom. The van der Waals surface area contributed by atoms with Crippen molar-refractivity contribution in [2.45, 2.75) is 0 Å². The summed E-state index contributed by atoms with van der Waals surface area (Å²) in [6.07, 6.45) is 2.23. The van der Waals surface area contributed by atoms with Gasteiger partial charge in [0.1, 0.15) is 0 Å². The number of hydrogen-bond donors (Lipinski definition) is 0. The number of halogens is 2. The van der Waals surface area contributed by atoms with E-state index in [1.165, 1.54) is 16.3 Å². The van der Waals surface area contributed by atoms with E-state index in [-0.39, 0.29) is 0 Å². The summed E-state index contributed by atoms with van der Waals surface area (Å²) < 4.78 is 3.99. The van der Waals surface area contributed by atoms with Gasteiger partial charge in [0.05, 0.1) is 7.15 Å². The quantitative estimate of drug-likeness (QED) is 0.540. The summed E-state index contributed by atoms with van der Waals surface area (Å²) in [5, 5.41) is 2.18. The standard InChI is InChI=1S/C10H6I2S2/c11-8-3-1-7(2-4-8)5-10-13-6-9(12)14-10/h1-6H/b10-5-. The fourth-order valence-electron chi connectivity index (χ4n) is 1.01. The molecule has 1 aromatic carbocycles. The maximum absolute atomic E-state index is 2.36. The molecule has 0 fully saturated rings. The van der Waals surface area contributed by atoms with Gasteiger partial charge in [0, 0.05) is 3.57 Å². The number of rotatable bonds is 1. The van der Waals surface area contributed by atoms with E-state index in [0.29, 0.717) is 0 Å². The average Bonchev–Trinajstić information content (AvgIpc) is 2.56. The molecule has 0 spiro atoms. The molecule has 0 aromatic heterocycles. The predicted octanol–water partition coefficient (Wildman–Crippen LogP) is 5.30. The smallest absolute Gasteiger partial charge is 0.0578 e. The van der Waals surface area contributed by atoms with E-state index in [0.717, 1.165) is 0 Å². The second-order valence-corrected chi connectivity index (χ2v) is 8.05. The molecule has 0 N–H and O–H groups in total. The van der Waals surface area contributed by atoms with Crippen molar-refractivity contribution in [1.82, 2.24) is 0 Å². The van der Waals surface area contributed by atoms with Gasteiger partial charge in [0.25, 0.3) is 0 Å². The topological polar surface area (TPSA) is 0 Å². The zero-order valence-corrected chi connectivity index (χ0v) is 13.0. The van der Waals surface area contributed by atoms with E-state index < -0.39 is 0 Å². The maximum Gasteiger partial charge on any atom is 0.0578 e. The first-order valence-electron chi connectivity index (χ1n) is 3.91. The molecule has 0 saturated heterocycles. The van der Waals surface area contributed by atoms with Crippen LogP contribution in [0.15, 0.2) is 36.8 Å².